The summed E-state index contributed by atoms with van der Waals surface area (Å²) in [5, 5.41) is 0. The van der Waals surface area contributed by atoms with E-state index in [-0.39, 0.29) is 5.91 Å². The third-order valence-electron chi connectivity index (χ3n) is 2.93. The van der Waals surface area contributed by atoms with Crippen LogP contribution in [0.15, 0.2) is 59.2 Å². The maximum Gasteiger partial charge on any atom is 0.332 e. The van der Waals surface area contributed by atoms with Crippen molar-refractivity contribution in [3.63, 3.8) is 0 Å². The van der Waals surface area contributed by atoms with Crippen LogP contribution in [0.1, 0.15) is 17.4 Å². The lowest BCUT2D eigenvalue weighted by atomic mass is 10.1. The number of benzene rings is 1. The SMILES string of the molecule is CN(C)C(=O)[C@H](OC(=O)/C=C/c1ccco1)c1ccccc1. The summed E-state index contributed by atoms with van der Waals surface area (Å²) in [7, 11) is 3.23. The number of likely N-dealkylation sites (N-methyl/N-ethyl adjacent to an activating group) is 1. The van der Waals surface area contributed by atoms with E-state index in [9.17, 15) is 9.59 Å². The summed E-state index contributed by atoms with van der Waals surface area (Å²) in [6.45, 7) is 0. The first-order valence-electron chi connectivity index (χ1n) is 6.76. The van der Waals surface area contributed by atoms with E-state index in [2.05, 4.69) is 0 Å². The zero-order valence-electron chi connectivity index (χ0n) is 12.4. The number of ether oxygens (including phenoxy) is 1. The number of hydrogen-bond acceptors (Lipinski definition) is 4. The second-order valence-corrected chi connectivity index (χ2v) is 4.81. The number of furan rings is 1. The summed E-state index contributed by atoms with van der Waals surface area (Å²) in [5.74, 6) is -0.376. The van der Waals surface area contributed by atoms with Crippen LogP contribution in [0.5, 0.6) is 0 Å². The molecule has 1 amide bonds. The molecule has 2 rings (SSSR count). The summed E-state index contributed by atoms with van der Waals surface area (Å²) in [6.07, 6.45) is 3.26. The molecule has 0 unspecified atom stereocenters. The van der Waals surface area contributed by atoms with E-state index in [0.717, 1.165) is 0 Å². The first kappa shape index (κ1) is 15.6. The van der Waals surface area contributed by atoms with E-state index in [4.69, 9.17) is 9.15 Å². The smallest absolute Gasteiger partial charge is 0.332 e. The molecule has 0 fully saturated rings. The monoisotopic (exact) mass is 299 g/mol. The Bertz CT molecular complexity index is 645. The first-order valence-corrected chi connectivity index (χ1v) is 6.76. The van der Waals surface area contributed by atoms with Crippen LogP contribution in [-0.4, -0.2) is 30.9 Å². The highest BCUT2D eigenvalue weighted by molar-refractivity contribution is 5.90. The predicted molar refractivity (Wildman–Crippen MR) is 81.7 cm³/mol. The zero-order chi connectivity index (χ0) is 15.9. The second kappa shape index (κ2) is 7.26. The third-order valence-corrected chi connectivity index (χ3v) is 2.93. The van der Waals surface area contributed by atoms with E-state index in [0.29, 0.717) is 11.3 Å². The Labute approximate surface area is 128 Å². The molecule has 0 spiro atoms. The van der Waals surface area contributed by atoms with Crippen LogP contribution in [0, 0.1) is 0 Å². The van der Waals surface area contributed by atoms with Crippen molar-refractivity contribution in [2.45, 2.75) is 6.10 Å². The summed E-state index contributed by atoms with van der Waals surface area (Å²) in [5.41, 5.74) is 0.626. The molecule has 1 aromatic heterocycles. The van der Waals surface area contributed by atoms with E-state index >= 15 is 0 Å². The predicted octanol–water partition coefficient (Wildman–Crippen LogP) is 2.67. The summed E-state index contributed by atoms with van der Waals surface area (Å²) in [6, 6.07) is 12.3. The molecule has 22 heavy (non-hydrogen) atoms. The van der Waals surface area contributed by atoms with Gasteiger partial charge in [0, 0.05) is 25.7 Å². The molecule has 0 radical (unpaired) electrons. The molecule has 0 bridgehead atoms. The van der Waals surface area contributed by atoms with Gasteiger partial charge in [-0.3, -0.25) is 4.79 Å². The Morgan fingerprint density at radius 1 is 1.14 bits per heavy atom. The fourth-order valence-electron chi connectivity index (χ4n) is 1.82. The normalized spacial score (nSPS) is 12.1. The standard InChI is InChI=1S/C17H17NO4/c1-18(2)17(20)16(13-7-4-3-5-8-13)22-15(19)11-10-14-9-6-12-21-14/h3-12,16H,1-2H3/b11-10+/t16-/m1/s1. The van der Waals surface area contributed by atoms with Crippen molar-refractivity contribution < 1.29 is 18.7 Å². The molecule has 1 heterocycles. The van der Waals surface area contributed by atoms with Crippen LogP contribution in [0.25, 0.3) is 6.08 Å². The Balaban J connectivity index is 2.13. The number of rotatable bonds is 5. The fourth-order valence-corrected chi connectivity index (χ4v) is 1.82. The van der Waals surface area contributed by atoms with E-state index in [1.54, 1.807) is 50.5 Å². The molecule has 0 saturated heterocycles. The molecular weight excluding hydrogens is 282 g/mol. The van der Waals surface area contributed by atoms with Crippen LogP contribution in [-0.2, 0) is 14.3 Å². The minimum absolute atomic E-state index is 0.300. The topological polar surface area (TPSA) is 59.8 Å². The number of carbonyl (C=O) groups excluding carboxylic acids is 2. The van der Waals surface area contributed by atoms with Gasteiger partial charge in [0.05, 0.1) is 6.26 Å². The first-order chi connectivity index (χ1) is 10.6. The Kier molecular flexibility index (Phi) is 5.14. The molecular formula is C17H17NO4. The van der Waals surface area contributed by atoms with Gasteiger partial charge in [0.25, 0.3) is 5.91 Å². The highest BCUT2D eigenvalue weighted by Gasteiger charge is 2.25. The van der Waals surface area contributed by atoms with Crippen molar-refractivity contribution in [3.8, 4) is 0 Å². The van der Waals surface area contributed by atoms with Gasteiger partial charge in [0.1, 0.15) is 5.76 Å². The highest BCUT2D eigenvalue weighted by Crippen LogP contribution is 2.20. The van der Waals surface area contributed by atoms with Gasteiger partial charge in [-0.15, -0.1) is 0 Å². The third kappa shape index (κ3) is 4.09. The van der Waals surface area contributed by atoms with Crippen molar-refractivity contribution in [2.75, 3.05) is 14.1 Å². The molecule has 0 aliphatic rings. The van der Waals surface area contributed by atoms with Gasteiger partial charge in [-0.25, -0.2) is 4.79 Å². The molecule has 1 aromatic carbocycles. The average Bonchev–Trinajstić information content (AvgIpc) is 3.04. The van der Waals surface area contributed by atoms with Crippen molar-refractivity contribution >= 4 is 18.0 Å². The van der Waals surface area contributed by atoms with Crippen LogP contribution in [0.4, 0.5) is 0 Å². The van der Waals surface area contributed by atoms with E-state index in [1.165, 1.54) is 23.3 Å². The molecule has 5 heteroatoms. The van der Waals surface area contributed by atoms with E-state index in [1.807, 2.05) is 6.07 Å². The number of nitrogens with zero attached hydrogens (tertiary/aromatic N) is 1. The highest BCUT2D eigenvalue weighted by atomic mass is 16.5. The van der Waals surface area contributed by atoms with Crippen LogP contribution < -0.4 is 0 Å². The number of carbonyl (C=O) groups is 2. The van der Waals surface area contributed by atoms with Crippen molar-refractivity contribution in [2.24, 2.45) is 0 Å². The minimum atomic E-state index is -0.968. The Morgan fingerprint density at radius 3 is 2.45 bits per heavy atom. The van der Waals surface area contributed by atoms with Crippen LogP contribution in [0.3, 0.4) is 0 Å². The minimum Gasteiger partial charge on any atom is -0.465 e. The summed E-state index contributed by atoms with van der Waals surface area (Å²) >= 11 is 0. The van der Waals surface area contributed by atoms with Gasteiger partial charge in [0.2, 0.25) is 6.10 Å². The summed E-state index contributed by atoms with van der Waals surface area (Å²) < 4.78 is 10.4. The zero-order valence-corrected chi connectivity index (χ0v) is 12.4. The molecule has 0 N–H and O–H groups in total. The molecule has 1 atom stereocenters. The maximum atomic E-state index is 12.2. The molecule has 0 aliphatic carbocycles. The number of amides is 1. The molecule has 5 nitrogen and oxygen atoms in total. The second-order valence-electron chi connectivity index (χ2n) is 4.81. The van der Waals surface area contributed by atoms with Gasteiger partial charge >= 0.3 is 5.97 Å². The van der Waals surface area contributed by atoms with Gasteiger partial charge < -0.3 is 14.1 Å². The lowest BCUT2D eigenvalue weighted by Gasteiger charge is -2.20. The lowest BCUT2D eigenvalue weighted by molar-refractivity contribution is -0.155. The van der Waals surface area contributed by atoms with Crippen LogP contribution in [0.2, 0.25) is 0 Å². The number of hydrogen-bond donors (Lipinski definition) is 0. The van der Waals surface area contributed by atoms with Gasteiger partial charge in [0.15, 0.2) is 0 Å². The molecule has 0 aliphatic heterocycles. The van der Waals surface area contributed by atoms with Gasteiger partial charge in [-0.05, 0) is 18.2 Å². The average molecular weight is 299 g/mol. The fraction of sp³-hybridized carbons (Fsp3) is 0.176. The summed E-state index contributed by atoms with van der Waals surface area (Å²) in [4.78, 5) is 25.5. The van der Waals surface area contributed by atoms with Crippen molar-refractivity contribution in [3.05, 3.63) is 66.1 Å². The quantitative estimate of drug-likeness (QED) is 0.629. The molecule has 114 valence electrons. The maximum absolute atomic E-state index is 12.2. The molecule has 2 aromatic rings. The lowest BCUT2D eigenvalue weighted by Crippen LogP contribution is -2.30. The van der Waals surface area contributed by atoms with Gasteiger partial charge in [-0.2, -0.15) is 0 Å². The van der Waals surface area contributed by atoms with Crippen molar-refractivity contribution in [1.29, 1.82) is 0 Å². The molecule has 0 saturated carbocycles. The largest absolute Gasteiger partial charge is 0.465 e. The van der Waals surface area contributed by atoms with Gasteiger partial charge in [-0.1, -0.05) is 30.3 Å². The van der Waals surface area contributed by atoms with E-state index < -0.39 is 12.1 Å². The van der Waals surface area contributed by atoms with Crippen molar-refractivity contribution in [1.82, 2.24) is 4.90 Å². The number of esters is 1. The Hall–Kier alpha value is -2.82. The Morgan fingerprint density at radius 2 is 1.86 bits per heavy atom. The van der Waals surface area contributed by atoms with Crippen LogP contribution >= 0.6 is 0 Å².